The molecular formula is C19H20N2O6. The lowest BCUT2D eigenvalue weighted by molar-refractivity contribution is -0.386. The summed E-state index contributed by atoms with van der Waals surface area (Å²) in [5.41, 5.74) is 1.60. The van der Waals surface area contributed by atoms with E-state index in [2.05, 4.69) is 5.32 Å². The number of carbonyl (C=O) groups excluding carboxylic acids is 1. The molecule has 0 bridgehead atoms. The molecule has 1 aliphatic rings. The van der Waals surface area contributed by atoms with Gasteiger partial charge in [-0.1, -0.05) is 24.3 Å². The van der Waals surface area contributed by atoms with Gasteiger partial charge in [0.25, 0.3) is 5.91 Å². The van der Waals surface area contributed by atoms with E-state index < -0.39 is 16.5 Å². The monoisotopic (exact) mass is 372 g/mol. The Hall–Kier alpha value is -3.29. The Morgan fingerprint density at radius 3 is 2.48 bits per heavy atom. The Bertz CT molecular complexity index is 896. The standard InChI is InChI=1S/C19H20N2O6/c1-25-15-10-13(16(21(23)24)18(27-3)17(15)26-2)19(22)20-14-9-8-11-6-4-5-7-12(11)14/h4-7,10,14H,8-9H2,1-3H3,(H,20,22). The molecule has 0 saturated heterocycles. The largest absolute Gasteiger partial charge is 0.493 e. The summed E-state index contributed by atoms with van der Waals surface area (Å²) in [4.78, 5) is 23.9. The maximum Gasteiger partial charge on any atom is 0.327 e. The lowest BCUT2D eigenvalue weighted by atomic mass is 10.1. The van der Waals surface area contributed by atoms with Crippen LogP contribution in [0.15, 0.2) is 30.3 Å². The molecule has 27 heavy (non-hydrogen) atoms. The third-order valence-corrected chi connectivity index (χ3v) is 4.67. The van der Waals surface area contributed by atoms with Gasteiger partial charge in [0.15, 0.2) is 5.75 Å². The molecule has 0 heterocycles. The Balaban J connectivity index is 2.03. The molecule has 1 N–H and O–H groups in total. The van der Waals surface area contributed by atoms with E-state index in [1.165, 1.54) is 33.0 Å². The van der Waals surface area contributed by atoms with Gasteiger partial charge in [-0.25, -0.2) is 0 Å². The summed E-state index contributed by atoms with van der Waals surface area (Å²) in [5, 5.41) is 14.5. The summed E-state index contributed by atoms with van der Waals surface area (Å²) >= 11 is 0. The van der Waals surface area contributed by atoms with Crippen LogP contribution in [0, 0.1) is 10.1 Å². The molecule has 1 atom stereocenters. The number of rotatable bonds is 6. The van der Waals surface area contributed by atoms with Gasteiger partial charge >= 0.3 is 5.69 Å². The number of carbonyl (C=O) groups is 1. The zero-order chi connectivity index (χ0) is 19.6. The first-order valence-electron chi connectivity index (χ1n) is 8.37. The summed E-state index contributed by atoms with van der Waals surface area (Å²) in [5.74, 6) is -0.479. The number of benzene rings is 2. The van der Waals surface area contributed by atoms with E-state index in [0.29, 0.717) is 0 Å². The fraction of sp³-hybridized carbons (Fsp3) is 0.316. The Kier molecular flexibility index (Phi) is 5.16. The van der Waals surface area contributed by atoms with Crippen molar-refractivity contribution in [3.05, 3.63) is 57.1 Å². The topological polar surface area (TPSA) is 99.9 Å². The lowest BCUT2D eigenvalue weighted by Gasteiger charge is -2.17. The maximum atomic E-state index is 12.9. The van der Waals surface area contributed by atoms with Crippen LogP contribution in [0.5, 0.6) is 17.2 Å². The van der Waals surface area contributed by atoms with Crippen LogP contribution in [0.25, 0.3) is 0 Å². The van der Waals surface area contributed by atoms with Crippen molar-refractivity contribution < 1.29 is 23.9 Å². The smallest absolute Gasteiger partial charge is 0.327 e. The van der Waals surface area contributed by atoms with Crippen LogP contribution < -0.4 is 19.5 Å². The van der Waals surface area contributed by atoms with Gasteiger partial charge in [0.2, 0.25) is 11.5 Å². The number of nitrogens with zero attached hydrogens (tertiary/aromatic N) is 1. The van der Waals surface area contributed by atoms with Crippen LogP contribution in [-0.4, -0.2) is 32.2 Å². The van der Waals surface area contributed by atoms with E-state index in [-0.39, 0.29) is 28.9 Å². The molecule has 2 aromatic rings. The van der Waals surface area contributed by atoms with Crippen LogP contribution >= 0.6 is 0 Å². The Morgan fingerprint density at radius 2 is 1.85 bits per heavy atom. The number of fused-ring (bicyclic) bond motifs is 1. The predicted octanol–water partition coefficient (Wildman–Crippen LogP) is 3.04. The van der Waals surface area contributed by atoms with Crippen LogP contribution in [0.1, 0.15) is 33.9 Å². The van der Waals surface area contributed by atoms with Gasteiger partial charge in [0, 0.05) is 6.07 Å². The highest BCUT2D eigenvalue weighted by atomic mass is 16.6. The number of hydrogen-bond donors (Lipinski definition) is 1. The molecule has 8 heteroatoms. The second kappa shape index (κ2) is 7.53. The van der Waals surface area contributed by atoms with Crippen molar-refractivity contribution >= 4 is 11.6 Å². The van der Waals surface area contributed by atoms with Gasteiger partial charge in [0.1, 0.15) is 5.56 Å². The van der Waals surface area contributed by atoms with E-state index in [1.807, 2.05) is 24.3 Å². The zero-order valence-electron chi connectivity index (χ0n) is 15.3. The minimum Gasteiger partial charge on any atom is -0.493 e. The summed E-state index contributed by atoms with van der Waals surface area (Å²) in [7, 11) is 4.01. The summed E-state index contributed by atoms with van der Waals surface area (Å²) < 4.78 is 15.6. The fourth-order valence-electron chi connectivity index (χ4n) is 3.44. The molecular weight excluding hydrogens is 352 g/mol. The van der Waals surface area contributed by atoms with E-state index in [4.69, 9.17) is 14.2 Å². The number of methoxy groups -OCH3 is 3. The van der Waals surface area contributed by atoms with Crippen molar-refractivity contribution in [3.63, 3.8) is 0 Å². The van der Waals surface area contributed by atoms with E-state index in [0.717, 1.165) is 18.4 Å². The third-order valence-electron chi connectivity index (χ3n) is 4.67. The molecule has 1 amide bonds. The molecule has 0 aromatic heterocycles. The van der Waals surface area contributed by atoms with E-state index in [1.54, 1.807) is 0 Å². The maximum absolute atomic E-state index is 12.9. The van der Waals surface area contributed by atoms with E-state index >= 15 is 0 Å². The number of nitro benzene ring substituents is 1. The molecule has 142 valence electrons. The minimum absolute atomic E-state index is 0.0643. The number of hydrogen-bond acceptors (Lipinski definition) is 6. The SMILES string of the molecule is COc1cc(C(=O)NC2CCc3ccccc32)c([N+](=O)[O-])c(OC)c1OC. The lowest BCUT2D eigenvalue weighted by Crippen LogP contribution is -2.28. The second-order valence-corrected chi connectivity index (χ2v) is 6.06. The van der Waals surface area contributed by atoms with Crippen molar-refractivity contribution in [1.82, 2.24) is 5.32 Å². The van der Waals surface area contributed by atoms with Crippen molar-refractivity contribution in [2.45, 2.75) is 18.9 Å². The van der Waals surface area contributed by atoms with Crippen LogP contribution in [-0.2, 0) is 6.42 Å². The van der Waals surface area contributed by atoms with Crippen LogP contribution in [0.3, 0.4) is 0 Å². The first-order valence-corrected chi connectivity index (χ1v) is 8.37. The molecule has 0 spiro atoms. The number of aryl methyl sites for hydroxylation is 1. The second-order valence-electron chi connectivity index (χ2n) is 6.06. The predicted molar refractivity (Wildman–Crippen MR) is 97.7 cm³/mol. The number of ether oxygens (including phenoxy) is 3. The van der Waals surface area contributed by atoms with Crippen LogP contribution in [0.2, 0.25) is 0 Å². The van der Waals surface area contributed by atoms with Gasteiger partial charge < -0.3 is 19.5 Å². The third kappa shape index (κ3) is 3.25. The molecule has 1 unspecified atom stereocenters. The highest BCUT2D eigenvalue weighted by molar-refractivity contribution is 6.01. The molecule has 0 saturated carbocycles. The number of amides is 1. The minimum atomic E-state index is -0.654. The molecule has 0 aliphatic heterocycles. The van der Waals surface area contributed by atoms with Gasteiger partial charge in [-0.2, -0.15) is 0 Å². The first kappa shape index (κ1) is 18.5. The first-order chi connectivity index (χ1) is 13.0. The van der Waals surface area contributed by atoms with Crippen molar-refractivity contribution in [3.8, 4) is 17.2 Å². The normalized spacial score (nSPS) is 15.0. The highest BCUT2D eigenvalue weighted by Crippen LogP contribution is 2.46. The Morgan fingerprint density at radius 1 is 1.15 bits per heavy atom. The molecule has 0 radical (unpaired) electrons. The number of nitro groups is 1. The molecule has 3 rings (SSSR count). The van der Waals surface area contributed by atoms with Crippen molar-refractivity contribution in [2.75, 3.05) is 21.3 Å². The average Bonchev–Trinajstić information content (AvgIpc) is 3.08. The van der Waals surface area contributed by atoms with Gasteiger partial charge in [0.05, 0.1) is 32.3 Å². The average molecular weight is 372 g/mol. The molecule has 8 nitrogen and oxygen atoms in total. The molecule has 2 aromatic carbocycles. The quantitative estimate of drug-likeness (QED) is 0.618. The van der Waals surface area contributed by atoms with Crippen LogP contribution in [0.4, 0.5) is 5.69 Å². The van der Waals surface area contributed by atoms with Gasteiger partial charge in [-0.15, -0.1) is 0 Å². The summed E-state index contributed by atoms with van der Waals surface area (Å²) in [6.07, 6.45) is 1.59. The Labute approximate surface area is 156 Å². The molecule has 1 aliphatic carbocycles. The summed E-state index contributed by atoms with van der Waals surface area (Å²) in [6.45, 7) is 0. The highest BCUT2D eigenvalue weighted by Gasteiger charge is 2.34. The number of nitrogens with one attached hydrogen (secondary N) is 1. The summed E-state index contributed by atoms with van der Waals surface area (Å²) in [6, 6.07) is 8.93. The zero-order valence-corrected chi connectivity index (χ0v) is 15.3. The van der Waals surface area contributed by atoms with E-state index in [9.17, 15) is 14.9 Å². The van der Waals surface area contributed by atoms with Gasteiger partial charge in [-0.05, 0) is 24.0 Å². The van der Waals surface area contributed by atoms with Crippen molar-refractivity contribution in [2.24, 2.45) is 0 Å². The fourth-order valence-corrected chi connectivity index (χ4v) is 3.44. The van der Waals surface area contributed by atoms with Crippen molar-refractivity contribution in [1.29, 1.82) is 0 Å². The van der Waals surface area contributed by atoms with Gasteiger partial charge in [-0.3, -0.25) is 14.9 Å². The molecule has 0 fully saturated rings.